The molecular formula is C24H27N5O2. The van der Waals surface area contributed by atoms with Crippen LogP contribution in [0.4, 0.5) is 0 Å². The smallest absolute Gasteiger partial charge is 0.274 e. The topological polar surface area (TPSA) is 81.8 Å². The number of fused-ring (bicyclic) bond motifs is 2. The molecular weight excluding hydrogens is 390 g/mol. The number of nitrogens with zero attached hydrogens (tertiary/aromatic N) is 4. The SMILES string of the molecule is CCCCCn1nc(C(=O)NCCn2c(C)nc3ccccc32)c2ccccc2c1=O. The summed E-state index contributed by atoms with van der Waals surface area (Å²) in [6.07, 6.45) is 2.93. The van der Waals surface area contributed by atoms with Gasteiger partial charge in [0.25, 0.3) is 11.5 Å². The van der Waals surface area contributed by atoms with Gasteiger partial charge in [-0.15, -0.1) is 0 Å². The first-order valence-corrected chi connectivity index (χ1v) is 10.8. The molecule has 1 amide bonds. The number of rotatable bonds is 8. The minimum absolute atomic E-state index is 0.149. The lowest BCUT2D eigenvalue weighted by atomic mass is 10.1. The second-order valence-electron chi connectivity index (χ2n) is 7.68. The molecule has 0 fully saturated rings. The second kappa shape index (κ2) is 9.12. The van der Waals surface area contributed by atoms with Crippen molar-refractivity contribution >= 4 is 27.7 Å². The minimum Gasteiger partial charge on any atom is -0.349 e. The molecule has 0 unspecified atom stereocenters. The number of aryl methyl sites for hydroxylation is 2. The molecule has 160 valence electrons. The third kappa shape index (κ3) is 4.21. The Labute approximate surface area is 180 Å². The fourth-order valence-corrected chi connectivity index (χ4v) is 3.91. The molecule has 4 rings (SSSR count). The Balaban J connectivity index is 1.56. The lowest BCUT2D eigenvalue weighted by molar-refractivity contribution is 0.0946. The first kappa shape index (κ1) is 20.8. The summed E-state index contributed by atoms with van der Waals surface area (Å²) in [6, 6.07) is 15.1. The summed E-state index contributed by atoms with van der Waals surface area (Å²) in [7, 11) is 0. The molecule has 7 nitrogen and oxygen atoms in total. The van der Waals surface area contributed by atoms with Crippen LogP contribution in [0.2, 0.25) is 0 Å². The highest BCUT2D eigenvalue weighted by Gasteiger charge is 2.16. The van der Waals surface area contributed by atoms with Crippen LogP contribution in [0.15, 0.2) is 53.3 Å². The van der Waals surface area contributed by atoms with E-state index in [-0.39, 0.29) is 11.5 Å². The number of carbonyl (C=O) groups excluding carboxylic acids is 1. The molecule has 0 radical (unpaired) electrons. The minimum atomic E-state index is -0.275. The number of amides is 1. The molecule has 0 atom stereocenters. The van der Waals surface area contributed by atoms with Gasteiger partial charge in [-0.2, -0.15) is 5.10 Å². The van der Waals surface area contributed by atoms with E-state index in [4.69, 9.17) is 0 Å². The van der Waals surface area contributed by atoms with Crippen LogP contribution < -0.4 is 10.9 Å². The van der Waals surface area contributed by atoms with Crippen molar-refractivity contribution in [2.24, 2.45) is 0 Å². The Bertz CT molecular complexity index is 1290. The third-order valence-corrected chi connectivity index (χ3v) is 5.52. The van der Waals surface area contributed by atoms with Gasteiger partial charge in [0.05, 0.1) is 16.4 Å². The zero-order chi connectivity index (χ0) is 21.8. The van der Waals surface area contributed by atoms with E-state index in [9.17, 15) is 9.59 Å². The van der Waals surface area contributed by atoms with Crippen LogP contribution in [0.3, 0.4) is 0 Å². The first-order valence-electron chi connectivity index (χ1n) is 10.8. The molecule has 1 N–H and O–H groups in total. The van der Waals surface area contributed by atoms with Gasteiger partial charge in [-0.25, -0.2) is 9.67 Å². The van der Waals surface area contributed by atoms with Crippen molar-refractivity contribution in [3.8, 4) is 0 Å². The van der Waals surface area contributed by atoms with Gasteiger partial charge in [-0.1, -0.05) is 50.1 Å². The molecule has 7 heteroatoms. The molecule has 2 heterocycles. The van der Waals surface area contributed by atoms with E-state index in [1.54, 1.807) is 12.1 Å². The molecule has 0 aliphatic carbocycles. The fraction of sp³-hybridized carbons (Fsp3) is 0.333. The second-order valence-corrected chi connectivity index (χ2v) is 7.68. The zero-order valence-corrected chi connectivity index (χ0v) is 18.0. The van der Waals surface area contributed by atoms with Crippen molar-refractivity contribution in [3.63, 3.8) is 0 Å². The number of para-hydroxylation sites is 2. The number of carbonyl (C=O) groups is 1. The largest absolute Gasteiger partial charge is 0.349 e. The average Bonchev–Trinajstić information content (AvgIpc) is 3.10. The Kier molecular flexibility index (Phi) is 6.11. The highest BCUT2D eigenvalue weighted by molar-refractivity contribution is 6.04. The maximum Gasteiger partial charge on any atom is 0.274 e. The molecule has 0 aliphatic rings. The third-order valence-electron chi connectivity index (χ3n) is 5.52. The van der Waals surface area contributed by atoms with E-state index in [1.165, 1.54) is 4.68 Å². The molecule has 0 saturated heterocycles. The molecule has 0 aliphatic heterocycles. The highest BCUT2D eigenvalue weighted by atomic mass is 16.2. The van der Waals surface area contributed by atoms with Crippen molar-refractivity contribution < 1.29 is 4.79 Å². The number of unbranched alkanes of at least 4 members (excludes halogenated alkanes) is 2. The Morgan fingerprint density at radius 1 is 1.00 bits per heavy atom. The number of imidazole rings is 1. The normalized spacial score (nSPS) is 11.3. The van der Waals surface area contributed by atoms with Crippen LogP contribution in [0.25, 0.3) is 21.8 Å². The van der Waals surface area contributed by atoms with Crippen molar-refractivity contribution in [2.45, 2.75) is 46.2 Å². The fourth-order valence-electron chi connectivity index (χ4n) is 3.91. The monoisotopic (exact) mass is 417 g/mol. The molecule has 0 saturated carbocycles. The number of aromatic nitrogens is 4. The van der Waals surface area contributed by atoms with Gasteiger partial charge >= 0.3 is 0 Å². The van der Waals surface area contributed by atoms with Crippen LogP contribution in [-0.2, 0) is 13.1 Å². The molecule has 4 aromatic rings. The van der Waals surface area contributed by atoms with E-state index < -0.39 is 0 Å². The molecule has 2 aromatic carbocycles. The Hall–Kier alpha value is -3.48. The standard InChI is InChI=1S/C24H27N5O2/c1-3-4-9-15-29-24(31)19-11-6-5-10-18(19)22(27-29)23(30)25-14-16-28-17(2)26-20-12-7-8-13-21(20)28/h5-8,10-13H,3-4,9,14-16H2,1-2H3,(H,25,30). The summed E-state index contributed by atoms with van der Waals surface area (Å²) in [5.41, 5.74) is 2.13. The van der Waals surface area contributed by atoms with Crippen LogP contribution in [0.1, 0.15) is 42.5 Å². The van der Waals surface area contributed by atoms with Gasteiger partial charge in [0.2, 0.25) is 0 Å². The number of benzene rings is 2. The van der Waals surface area contributed by atoms with Gasteiger partial charge in [0.15, 0.2) is 5.69 Å². The van der Waals surface area contributed by atoms with Crippen LogP contribution in [-0.4, -0.2) is 31.8 Å². The molecule has 0 spiro atoms. The highest BCUT2D eigenvalue weighted by Crippen LogP contribution is 2.16. The summed E-state index contributed by atoms with van der Waals surface area (Å²) < 4.78 is 3.52. The number of hydrogen-bond acceptors (Lipinski definition) is 4. The molecule has 31 heavy (non-hydrogen) atoms. The van der Waals surface area contributed by atoms with Crippen molar-refractivity contribution in [1.29, 1.82) is 0 Å². The van der Waals surface area contributed by atoms with E-state index >= 15 is 0 Å². The Morgan fingerprint density at radius 2 is 1.74 bits per heavy atom. The summed E-state index contributed by atoms with van der Waals surface area (Å²) in [5, 5.41) is 8.51. The van der Waals surface area contributed by atoms with E-state index in [0.717, 1.165) is 36.1 Å². The van der Waals surface area contributed by atoms with Crippen molar-refractivity contribution in [2.75, 3.05) is 6.54 Å². The molecule has 2 aromatic heterocycles. The van der Waals surface area contributed by atoms with Gasteiger partial charge in [0, 0.05) is 25.0 Å². The number of nitrogens with one attached hydrogen (secondary N) is 1. The summed E-state index contributed by atoms with van der Waals surface area (Å²) in [4.78, 5) is 30.4. The van der Waals surface area contributed by atoms with Gasteiger partial charge in [-0.3, -0.25) is 9.59 Å². The summed E-state index contributed by atoms with van der Waals surface area (Å²) in [6.45, 7) is 5.62. The zero-order valence-electron chi connectivity index (χ0n) is 18.0. The summed E-state index contributed by atoms with van der Waals surface area (Å²) >= 11 is 0. The van der Waals surface area contributed by atoms with E-state index in [0.29, 0.717) is 36.1 Å². The number of hydrogen-bond donors (Lipinski definition) is 1. The van der Waals surface area contributed by atoms with Crippen LogP contribution in [0, 0.1) is 6.92 Å². The summed E-state index contributed by atoms with van der Waals surface area (Å²) in [5.74, 6) is 0.631. The first-order chi connectivity index (χ1) is 15.1. The quantitative estimate of drug-likeness (QED) is 0.444. The van der Waals surface area contributed by atoms with E-state index in [1.807, 2.05) is 43.3 Å². The maximum atomic E-state index is 13.0. The van der Waals surface area contributed by atoms with E-state index in [2.05, 4.69) is 26.9 Å². The van der Waals surface area contributed by atoms with Crippen molar-refractivity contribution in [3.05, 3.63) is 70.4 Å². The van der Waals surface area contributed by atoms with Gasteiger partial charge in [-0.05, 0) is 31.5 Å². The van der Waals surface area contributed by atoms with Gasteiger partial charge < -0.3 is 9.88 Å². The Morgan fingerprint density at radius 3 is 2.55 bits per heavy atom. The predicted molar refractivity (Wildman–Crippen MR) is 122 cm³/mol. The maximum absolute atomic E-state index is 13.0. The lowest BCUT2D eigenvalue weighted by Crippen LogP contribution is -2.32. The predicted octanol–water partition coefficient (Wildman–Crippen LogP) is 3.67. The lowest BCUT2D eigenvalue weighted by Gasteiger charge is -2.12. The van der Waals surface area contributed by atoms with Crippen LogP contribution >= 0.6 is 0 Å². The molecule has 0 bridgehead atoms. The average molecular weight is 418 g/mol. The van der Waals surface area contributed by atoms with Gasteiger partial charge in [0.1, 0.15) is 5.82 Å². The van der Waals surface area contributed by atoms with Crippen LogP contribution in [0.5, 0.6) is 0 Å². The van der Waals surface area contributed by atoms with Crippen molar-refractivity contribution in [1.82, 2.24) is 24.6 Å².